The molecule has 0 spiro atoms. The largest absolute Gasteiger partial charge is 0.506 e. The molecule has 0 radical (unpaired) electrons. The molecule has 0 atom stereocenters. The van der Waals surface area contributed by atoms with Crippen LogP contribution in [0.5, 0.6) is 5.75 Å². The number of hydrogen-bond acceptors (Lipinski definition) is 2. The molecule has 0 amide bonds. The Morgan fingerprint density at radius 1 is 1.50 bits per heavy atom. The first-order chi connectivity index (χ1) is 7.44. The molecule has 16 heavy (non-hydrogen) atoms. The summed E-state index contributed by atoms with van der Waals surface area (Å²) in [6.07, 6.45) is 1.88. The maximum atomic E-state index is 10.8. The van der Waals surface area contributed by atoms with Crippen molar-refractivity contribution in [2.24, 2.45) is 0 Å². The highest BCUT2D eigenvalue weighted by Gasteiger charge is 2.46. The highest BCUT2D eigenvalue weighted by molar-refractivity contribution is 6.32. The van der Waals surface area contributed by atoms with Crippen LogP contribution in [0.3, 0.4) is 0 Å². The maximum Gasteiger partial charge on any atom is 0.304 e. The van der Waals surface area contributed by atoms with E-state index in [1.54, 1.807) is 13.0 Å². The van der Waals surface area contributed by atoms with Crippen LogP contribution in [0.4, 0.5) is 0 Å². The number of rotatable bonds is 3. The van der Waals surface area contributed by atoms with E-state index in [2.05, 4.69) is 0 Å². The van der Waals surface area contributed by atoms with E-state index in [1.165, 1.54) is 0 Å². The van der Waals surface area contributed by atoms with Crippen LogP contribution < -0.4 is 0 Å². The van der Waals surface area contributed by atoms with Crippen LogP contribution in [-0.4, -0.2) is 16.2 Å². The van der Waals surface area contributed by atoms with Crippen LogP contribution in [0.2, 0.25) is 5.02 Å². The molecule has 1 saturated carbocycles. The van der Waals surface area contributed by atoms with Gasteiger partial charge in [0.2, 0.25) is 0 Å². The number of phenols is 1. The highest BCUT2D eigenvalue weighted by atomic mass is 35.5. The third-order valence-electron chi connectivity index (χ3n) is 3.21. The van der Waals surface area contributed by atoms with Crippen molar-refractivity contribution in [3.63, 3.8) is 0 Å². The Labute approximate surface area is 98.7 Å². The van der Waals surface area contributed by atoms with Gasteiger partial charge in [-0.2, -0.15) is 0 Å². The van der Waals surface area contributed by atoms with Crippen molar-refractivity contribution in [1.29, 1.82) is 0 Å². The lowest BCUT2D eigenvalue weighted by Gasteiger charge is -2.15. The van der Waals surface area contributed by atoms with Crippen LogP contribution in [0, 0.1) is 6.92 Å². The molecule has 3 nitrogen and oxygen atoms in total. The molecule has 0 aliphatic heterocycles. The summed E-state index contributed by atoms with van der Waals surface area (Å²) in [5.74, 6) is -0.712. The Morgan fingerprint density at radius 2 is 2.12 bits per heavy atom. The average Bonchev–Trinajstić information content (AvgIpc) is 2.93. The Hall–Kier alpha value is -1.22. The summed E-state index contributed by atoms with van der Waals surface area (Å²) in [4.78, 5) is 10.8. The first-order valence-electron chi connectivity index (χ1n) is 5.16. The molecule has 0 bridgehead atoms. The quantitative estimate of drug-likeness (QED) is 0.854. The highest BCUT2D eigenvalue weighted by Crippen LogP contribution is 2.52. The van der Waals surface area contributed by atoms with E-state index >= 15 is 0 Å². The first kappa shape index (κ1) is 11.3. The SMILES string of the molecule is Cc1cc(C2(CC(=O)O)CC2)cc(Cl)c1O. The molecule has 86 valence electrons. The van der Waals surface area contributed by atoms with E-state index in [0.717, 1.165) is 18.4 Å². The van der Waals surface area contributed by atoms with Crippen molar-refractivity contribution in [2.45, 2.75) is 31.6 Å². The van der Waals surface area contributed by atoms with E-state index in [0.29, 0.717) is 10.6 Å². The normalized spacial score (nSPS) is 17.1. The van der Waals surface area contributed by atoms with E-state index < -0.39 is 5.97 Å². The Bertz CT molecular complexity index is 427. The molecule has 1 aliphatic carbocycles. The second-order valence-electron chi connectivity index (χ2n) is 4.47. The molecule has 4 heteroatoms. The fraction of sp³-hybridized carbons (Fsp3) is 0.417. The molecule has 0 heterocycles. The van der Waals surface area contributed by atoms with Crippen molar-refractivity contribution in [3.8, 4) is 5.75 Å². The summed E-state index contributed by atoms with van der Waals surface area (Å²) >= 11 is 5.89. The second kappa shape index (κ2) is 3.67. The Kier molecular flexibility index (Phi) is 2.58. The number of aryl methyl sites for hydroxylation is 1. The van der Waals surface area contributed by atoms with E-state index in [9.17, 15) is 9.90 Å². The third kappa shape index (κ3) is 1.87. The minimum absolute atomic E-state index is 0.0801. The summed E-state index contributed by atoms with van der Waals surface area (Å²) < 4.78 is 0. The summed E-state index contributed by atoms with van der Waals surface area (Å²) in [6.45, 7) is 1.77. The zero-order chi connectivity index (χ0) is 11.9. The molecule has 1 aromatic rings. The van der Waals surface area contributed by atoms with Crippen molar-refractivity contribution in [3.05, 3.63) is 28.3 Å². The van der Waals surface area contributed by atoms with Gasteiger partial charge >= 0.3 is 5.97 Å². The molecule has 1 aromatic carbocycles. The van der Waals surface area contributed by atoms with Gasteiger partial charge in [0.25, 0.3) is 0 Å². The molecule has 1 aliphatic rings. The van der Waals surface area contributed by atoms with Gasteiger partial charge in [0.05, 0.1) is 11.4 Å². The minimum atomic E-state index is -0.792. The van der Waals surface area contributed by atoms with Crippen LogP contribution in [0.15, 0.2) is 12.1 Å². The van der Waals surface area contributed by atoms with Gasteiger partial charge in [-0.25, -0.2) is 0 Å². The van der Waals surface area contributed by atoms with Gasteiger partial charge in [0.1, 0.15) is 5.75 Å². The summed E-state index contributed by atoms with van der Waals surface area (Å²) in [5.41, 5.74) is 1.36. The van der Waals surface area contributed by atoms with Crippen LogP contribution in [0.1, 0.15) is 30.4 Å². The van der Waals surface area contributed by atoms with E-state index in [4.69, 9.17) is 16.7 Å². The molecule has 2 rings (SSSR count). The number of benzene rings is 1. The number of carbonyl (C=O) groups is 1. The van der Waals surface area contributed by atoms with Gasteiger partial charge in [-0.05, 0) is 37.0 Å². The summed E-state index contributed by atoms with van der Waals surface area (Å²) in [5, 5.41) is 18.7. The van der Waals surface area contributed by atoms with Crippen molar-refractivity contribution in [1.82, 2.24) is 0 Å². The third-order valence-corrected chi connectivity index (χ3v) is 3.50. The van der Waals surface area contributed by atoms with Crippen molar-refractivity contribution >= 4 is 17.6 Å². The van der Waals surface area contributed by atoms with Crippen LogP contribution in [-0.2, 0) is 10.2 Å². The first-order valence-corrected chi connectivity index (χ1v) is 5.54. The van der Waals surface area contributed by atoms with Crippen LogP contribution >= 0.6 is 11.6 Å². The van der Waals surface area contributed by atoms with E-state index in [1.807, 2.05) is 6.07 Å². The molecule has 0 aromatic heterocycles. The van der Waals surface area contributed by atoms with E-state index in [-0.39, 0.29) is 17.6 Å². The zero-order valence-electron chi connectivity index (χ0n) is 8.96. The summed E-state index contributed by atoms with van der Waals surface area (Å²) in [7, 11) is 0. The number of aromatic hydroxyl groups is 1. The number of carboxylic acids is 1. The van der Waals surface area contributed by atoms with Crippen molar-refractivity contribution in [2.75, 3.05) is 0 Å². The molecule has 0 unspecified atom stereocenters. The lowest BCUT2D eigenvalue weighted by molar-refractivity contribution is -0.137. The number of phenolic OH excluding ortho intramolecular Hbond substituents is 1. The monoisotopic (exact) mass is 240 g/mol. The predicted octanol–water partition coefficient (Wildman–Crippen LogP) is 2.86. The second-order valence-corrected chi connectivity index (χ2v) is 4.88. The number of carboxylic acid groups (broad SMARTS) is 1. The number of halogens is 1. The standard InChI is InChI=1S/C12H13ClO3/c1-7-4-8(5-9(13)11(7)16)12(2-3-12)6-10(14)15/h4-5,16H,2-3,6H2,1H3,(H,14,15). The fourth-order valence-corrected chi connectivity index (χ4v) is 2.32. The van der Waals surface area contributed by atoms with Gasteiger partial charge < -0.3 is 10.2 Å². The molecular formula is C12H13ClO3. The smallest absolute Gasteiger partial charge is 0.304 e. The van der Waals surface area contributed by atoms with Gasteiger partial charge in [-0.15, -0.1) is 0 Å². The topological polar surface area (TPSA) is 57.5 Å². The molecular weight excluding hydrogens is 228 g/mol. The fourth-order valence-electron chi connectivity index (χ4n) is 2.05. The lowest BCUT2D eigenvalue weighted by Crippen LogP contribution is -2.13. The lowest BCUT2D eigenvalue weighted by atomic mass is 9.91. The van der Waals surface area contributed by atoms with Crippen LogP contribution in [0.25, 0.3) is 0 Å². The molecule has 1 fully saturated rings. The molecule has 2 N–H and O–H groups in total. The zero-order valence-corrected chi connectivity index (χ0v) is 9.71. The predicted molar refractivity (Wildman–Crippen MR) is 61.0 cm³/mol. The van der Waals surface area contributed by atoms with Gasteiger partial charge in [0.15, 0.2) is 0 Å². The Balaban J connectivity index is 2.38. The Morgan fingerprint density at radius 3 is 2.56 bits per heavy atom. The summed E-state index contributed by atoms with van der Waals surface area (Å²) in [6, 6.07) is 3.51. The van der Waals surface area contributed by atoms with Gasteiger partial charge in [0, 0.05) is 5.41 Å². The maximum absolute atomic E-state index is 10.8. The molecule has 0 saturated heterocycles. The average molecular weight is 241 g/mol. The van der Waals surface area contributed by atoms with Gasteiger partial charge in [-0.3, -0.25) is 4.79 Å². The van der Waals surface area contributed by atoms with Crippen molar-refractivity contribution < 1.29 is 15.0 Å². The minimum Gasteiger partial charge on any atom is -0.506 e. The van der Waals surface area contributed by atoms with Gasteiger partial charge in [-0.1, -0.05) is 17.7 Å². The number of hydrogen-bond donors (Lipinski definition) is 2. The number of aliphatic carboxylic acids is 1.